The first-order valence-corrected chi connectivity index (χ1v) is 9.91. The molecule has 0 aromatic heterocycles. The highest BCUT2D eigenvalue weighted by molar-refractivity contribution is 7.88. The standard InChI is InChI=1S/C14H27N3O4S/c1-22(19,20)15-11-12-4-7-17(8-5-12)14(18)16-13-3-2-9-21-10-6-13/h12-13,15H,2-11H2,1H3,(H,16,18). The number of carbonyl (C=O) groups is 1. The minimum Gasteiger partial charge on any atom is -0.381 e. The zero-order valence-corrected chi connectivity index (χ0v) is 14.0. The molecule has 128 valence electrons. The Morgan fingerprint density at radius 1 is 1.18 bits per heavy atom. The molecule has 1 unspecified atom stereocenters. The van der Waals surface area contributed by atoms with Gasteiger partial charge in [-0.05, 0) is 38.0 Å². The summed E-state index contributed by atoms with van der Waals surface area (Å²) in [6, 6.07) is 0.209. The summed E-state index contributed by atoms with van der Waals surface area (Å²) in [6.07, 6.45) is 5.69. The van der Waals surface area contributed by atoms with Gasteiger partial charge in [-0.15, -0.1) is 0 Å². The Kier molecular flexibility index (Phi) is 6.46. The molecule has 2 rings (SSSR count). The second-order valence-electron chi connectivity index (χ2n) is 6.24. The molecular formula is C14H27N3O4S. The van der Waals surface area contributed by atoms with Crippen LogP contribution in [-0.2, 0) is 14.8 Å². The first-order chi connectivity index (χ1) is 10.4. The third-order valence-corrected chi connectivity index (χ3v) is 5.01. The lowest BCUT2D eigenvalue weighted by Gasteiger charge is -2.33. The Hall–Kier alpha value is -0.860. The minimum atomic E-state index is -3.13. The average molecular weight is 333 g/mol. The lowest BCUT2D eigenvalue weighted by atomic mass is 9.97. The molecule has 7 nitrogen and oxygen atoms in total. The number of rotatable bonds is 4. The van der Waals surface area contributed by atoms with Gasteiger partial charge >= 0.3 is 6.03 Å². The summed E-state index contributed by atoms with van der Waals surface area (Å²) >= 11 is 0. The Bertz CT molecular complexity index is 453. The number of carbonyl (C=O) groups excluding carboxylic acids is 1. The number of nitrogens with zero attached hydrogens (tertiary/aromatic N) is 1. The molecule has 2 aliphatic heterocycles. The van der Waals surface area contributed by atoms with Crippen molar-refractivity contribution in [2.75, 3.05) is 39.1 Å². The van der Waals surface area contributed by atoms with E-state index in [1.54, 1.807) is 0 Å². The normalized spacial score (nSPS) is 24.8. The van der Waals surface area contributed by atoms with E-state index in [0.717, 1.165) is 38.7 Å². The fourth-order valence-electron chi connectivity index (χ4n) is 2.92. The van der Waals surface area contributed by atoms with Gasteiger partial charge in [0.15, 0.2) is 0 Å². The number of urea groups is 1. The molecule has 2 fully saturated rings. The summed E-state index contributed by atoms with van der Waals surface area (Å²) in [5.41, 5.74) is 0. The topological polar surface area (TPSA) is 87.7 Å². The maximum absolute atomic E-state index is 12.3. The summed E-state index contributed by atoms with van der Waals surface area (Å²) < 4.78 is 30.1. The quantitative estimate of drug-likeness (QED) is 0.785. The lowest BCUT2D eigenvalue weighted by molar-refractivity contribution is 0.141. The number of nitrogens with one attached hydrogen (secondary N) is 2. The van der Waals surface area contributed by atoms with Crippen LogP contribution < -0.4 is 10.0 Å². The first kappa shape index (κ1) is 17.5. The van der Waals surface area contributed by atoms with Gasteiger partial charge in [-0.25, -0.2) is 17.9 Å². The lowest BCUT2D eigenvalue weighted by Crippen LogP contribution is -2.48. The molecule has 2 saturated heterocycles. The van der Waals surface area contributed by atoms with Crippen molar-refractivity contribution in [2.45, 2.75) is 38.1 Å². The van der Waals surface area contributed by atoms with Crippen LogP contribution in [0.25, 0.3) is 0 Å². The van der Waals surface area contributed by atoms with Gasteiger partial charge in [0.1, 0.15) is 0 Å². The summed E-state index contributed by atoms with van der Waals surface area (Å²) in [4.78, 5) is 14.1. The van der Waals surface area contributed by atoms with Crippen LogP contribution in [0.3, 0.4) is 0 Å². The van der Waals surface area contributed by atoms with Crippen LogP contribution in [0, 0.1) is 5.92 Å². The molecule has 1 atom stereocenters. The summed E-state index contributed by atoms with van der Waals surface area (Å²) in [5, 5.41) is 3.10. The first-order valence-electron chi connectivity index (χ1n) is 8.02. The Balaban J connectivity index is 1.70. The monoisotopic (exact) mass is 333 g/mol. The smallest absolute Gasteiger partial charge is 0.317 e. The molecule has 2 N–H and O–H groups in total. The number of ether oxygens (including phenoxy) is 1. The molecule has 0 aromatic rings. The van der Waals surface area contributed by atoms with Gasteiger partial charge in [-0.3, -0.25) is 0 Å². The van der Waals surface area contributed by atoms with Crippen LogP contribution in [0.5, 0.6) is 0 Å². The van der Waals surface area contributed by atoms with Gasteiger partial charge in [0.05, 0.1) is 6.26 Å². The number of hydrogen-bond donors (Lipinski definition) is 2. The van der Waals surface area contributed by atoms with Gasteiger partial charge < -0.3 is 15.0 Å². The molecule has 8 heteroatoms. The van der Waals surface area contributed by atoms with E-state index in [4.69, 9.17) is 4.74 Å². The Labute approximate surface area is 132 Å². The number of piperidine rings is 1. The van der Waals surface area contributed by atoms with Gasteiger partial charge in [0.2, 0.25) is 10.0 Å². The Morgan fingerprint density at radius 2 is 1.91 bits per heavy atom. The van der Waals surface area contributed by atoms with Crippen molar-refractivity contribution < 1.29 is 17.9 Å². The second-order valence-corrected chi connectivity index (χ2v) is 8.07. The summed E-state index contributed by atoms with van der Waals surface area (Å²) in [6.45, 7) is 3.33. The van der Waals surface area contributed by atoms with E-state index >= 15 is 0 Å². The molecule has 0 aliphatic carbocycles. The maximum atomic E-state index is 12.3. The summed E-state index contributed by atoms with van der Waals surface area (Å²) in [5.74, 6) is 0.310. The van der Waals surface area contributed by atoms with Crippen LogP contribution in [0.1, 0.15) is 32.1 Å². The second kappa shape index (κ2) is 8.12. The van der Waals surface area contributed by atoms with E-state index in [0.29, 0.717) is 32.2 Å². The Morgan fingerprint density at radius 3 is 2.59 bits per heavy atom. The van der Waals surface area contributed by atoms with E-state index in [9.17, 15) is 13.2 Å². The fraction of sp³-hybridized carbons (Fsp3) is 0.929. The van der Waals surface area contributed by atoms with Crippen molar-refractivity contribution in [1.29, 1.82) is 0 Å². The van der Waals surface area contributed by atoms with E-state index in [1.807, 2.05) is 4.90 Å². The number of sulfonamides is 1. The predicted octanol–water partition coefficient (Wildman–Crippen LogP) is 0.526. The van der Waals surface area contributed by atoms with E-state index < -0.39 is 10.0 Å². The van der Waals surface area contributed by atoms with E-state index in [2.05, 4.69) is 10.0 Å². The highest BCUT2D eigenvalue weighted by Crippen LogP contribution is 2.17. The predicted molar refractivity (Wildman–Crippen MR) is 84.1 cm³/mol. The van der Waals surface area contributed by atoms with Crippen LogP contribution in [0.4, 0.5) is 4.79 Å². The van der Waals surface area contributed by atoms with Gasteiger partial charge in [0.25, 0.3) is 0 Å². The van der Waals surface area contributed by atoms with Crippen molar-refractivity contribution in [3.63, 3.8) is 0 Å². The van der Waals surface area contributed by atoms with Gasteiger partial charge in [-0.1, -0.05) is 0 Å². The number of amides is 2. The van der Waals surface area contributed by atoms with Crippen LogP contribution in [0.15, 0.2) is 0 Å². The van der Waals surface area contributed by atoms with Gasteiger partial charge in [-0.2, -0.15) is 0 Å². The minimum absolute atomic E-state index is 0.00132. The molecule has 2 amide bonds. The third-order valence-electron chi connectivity index (χ3n) is 4.32. The zero-order valence-electron chi connectivity index (χ0n) is 13.2. The molecule has 2 heterocycles. The molecule has 0 aromatic carbocycles. The maximum Gasteiger partial charge on any atom is 0.317 e. The molecule has 0 radical (unpaired) electrons. The van der Waals surface area contributed by atoms with Crippen molar-refractivity contribution in [3.05, 3.63) is 0 Å². The molecule has 0 saturated carbocycles. The molecular weight excluding hydrogens is 306 g/mol. The summed E-state index contributed by atoms with van der Waals surface area (Å²) in [7, 11) is -3.13. The molecule has 0 bridgehead atoms. The molecule has 2 aliphatic rings. The fourth-order valence-corrected chi connectivity index (χ4v) is 3.46. The van der Waals surface area contributed by atoms with Crippen molar-refractivity contribution in [1.82, 2.24) is 14.9 Å². The van der Waals surface area contributed by atoms with Crippen LogP contribution in [-0.4, -0.2) is 64.5 Å². The van der Waals surface area contributed by atoms with Crippen molar-refractivity contribution in [3.8, 4) is 0 Å². The highest BCUT2D eigenvalue weighted by atomic mass is 32.2. The molecule has 0 spiro atoms. The van der Waals surface area contributed by atoms with Crippen LogP contribution >= 0.6 is 0 Å². The highest BCUT2D eigenvalue weighted by Gasteiger charge is 2.25. The van der Waals surface area contributed by atoms with E-state index in [1.165, 1.54) is 6.26 Å². The molecule has 22 heavy (non-hydrogen) atoms. The third kappa shape index (κ3) is 6.10. The van der Waals surface area contributed by atoms with E-state index in [-0.39, 0.29) is 12.1 Å². The van der Waals surface area contributed by atoms with Gasteiger partial charge in [0, 0.05) is 38.9 Å². The SMILES string of the molecule is CS(=O)(=O)NCC1CCN(C(=O)NC2CCCOCC2)CC1. The number of likely N-dealkylation sites (tertiary alicyclic amines) is 1. The van der Waals surface area contributed by atoms with Crippen LogP contribution in [0.2, 0.25) is 0 Å². The zero-order chi connectivity index (χ0) is 16.0. The average Bonchev–Trinajstić information content (AvgIpc) is 2.73. The largest absolute Gasteiger partial charge is 0.381 e. The van der Waals surface area contributed by atoms with Crippen molar-refractivity contribution in [2.24, 2.45) is 5.92 Å². The number of hydrogen-bond acceptors (Lipinski definition) is 4. The van der Waals surface area contributed by atoms with Crippen molar-refractivity contribution >= 4 is 16.1 Å².